The summed E-state index contributed by atoms with van der Waals surface area (Å²) in [5.41, 5.74) is 0.294. The highest BCUT2D eigenvalue weighted by atomic mass is 79.9. The van der Waals surface area contributed by atoms with E-state index in [0.717, 1.165) is 17.3 Å². The minimum Gasteiger partial charge on any atom is -0.347 e. The maximum Gasteiger partial charge on any atom is 0.253 e. The molecule has 0 aliphatic carbocycles. The SMILES string of the molecule is CCCC(C)(C)NC(=O)c1cccc(Br)c1Cl. The number of rotatable bonds is 4. The van der Waals surface area contributed by atoms with E-state index in [1.165, 1.54) is 0 Å². The predicted octanol–water partition coefficient (Wildman–Crippen LogP) is 4.41. The standard InChI is InChI=1S/C13H17BrClNO/c1-4-8-13(2,3)16-12(17)9-6-5-7-10(14)11(9)15/h5-7H,4,8H2,1-3H3,(H,16,17). The highest BCUT2D eigenvalue weighted by Crippen LogP contribution is 2.26. The molecule has 0 unspecified atom stereocenters. The van der Waals surface area contributed by atoms with Gasteiger partial charge < -0.3 is 5.32 Å². The number of carbonyl (C=O) groups is 1. The van der Waals surface area contributed by atoms with E-state index < -0.39 is 0 Å². The third kappa shape index (κ3) is 4.00. The van der Waals surface area contributed by atoms with Gasteiger partial charge in [-0.3, -0.25) is 4.79 Å². The third-order valence-electron chi connectivity index (χ3n) is 2.52. The summed E-state index contributed by atoms with van der Waals surface area (Å²) in [7, 11) is 0. The van der Waals surface area contributed by atoms with Crippen molar-refractivity contribution in [3.63, 3.8) is 0 Å². The molecular formula is C13H17BrClNO. The fourth-order valence-corrected chi connectivity index (χ4v) is 2.32. The molecule has 0 bridgehead atoms. The highest BCUT2D eigenvalue weighted by molar-refractivity contribution is 9.10. The van der Waals surface area contributed by atoms with Gasteiger partial charge in [-0.2, -0.15) is 0 Å². The zero-order valence-electron chi connectivity index (χ0n) is 10.3. The van der Waals surface area contributed by atoms with Gasteiger partial charge in [-0.1, -0.05) is 31.0 Å². The summed E-state index contributed by atoms with van der Waals surface area (Å²) in [6.45, 7) is 6.13. The second-order valence-electron chi connectivity index (χ2n) is 4.69. The van der Waals surface area contributed by atoms with E-state index in [4.69, 9.17) is 11.6 Å². The van der Waals surface area contributed by atoms with Crippen LogP contribution in [-0.4, -0.2) is 11.4 Å². The third-order valence-corrected chi connectivity index (χ3v) is 3.82. The average Bonchev–Trinajstić information content (AvgIpc) is 2.21. The Bertz CT molecular complexity index is 418. The van der Waals surface area contributed by atoms with Crippen molar-refractivity contribution in [2.45, 2.75) is 39.2 Å². The number of carbonyl (C=O) groups excluding carboxylic acids is 1. The Morgan fingerprint density at radius 2 is 2.12 bits per heavy atom. The van der Waals surface area contributed by atoms with Crippen molar-refractivity contribution in [2.24, 2.45) is 0 Å². The molecule has 0 fully saturated rings. The molecule has 1 N–H and O–H groups in total. The molecule has 1 aromatic rings. The molecule has 1 amide bonds. The van der Waals surface area contributed by atoms with E-state index in [2.05, 4.69) is 28.2 Å². The quantitative estimate of drug-likeness (QED) is 0.875. The lowest BCUT2D eigenvalue weighted by atomic mass is 9.98. The van der Waals surface area contributed by atoms with Gasteiger partial charge in [-0.15, -0.1) is 0 Å². The fourth-order valence-electron chi connectivity index (χ4n) is 1.74. The first kappa shape index (κ1) is 14.5. The lowest BCUT2D eigenvalue weighted by molar-refractivity contribution is 0.0909. The molecular weight excluding hydrogens is 302 g/mol. The van der Waals surface area contributed by atoms with Crippen LogP contribution in [-0.2, 0) is 0 Å². The predicted molar refractivity (Wildman–Crippen MR) is 75.6 cm³/mol. The highest BCUT2D eigenvalue weighted by Gasteiger charge is 2.21. The van der Waals surface area contributed by atoms with Gasteiger partial charge in [0.1, 0.15) is 0 Å². The first-order valence-electron chi connectivity index (χ1n) is 5.64. The molecule has 0 saturated carbocycles. The van der Waals surface area contributed by atoms with Crippen LogP contribution in [0.3, 0.4) is 0 Å². The molecule has 0 heterocycles. The van der Waals surface area contributed by atoms with Gasteiger partial charge in [-0.05, 0) is 48.3 Å². The van der Waals surface area contributed by atoms with Crippen LogP contribution in [0, 0.1) is 0 Å². The zero-order chi connectivity index (χ0) is 13.1. The van der Waals surface area contributed by atoms with Crippen molar-refractivity contribution < 1.29 is 4.79 Å². The van der Waals surface area contributed by atoms with Gasteiger partial charge in [-0.25, -0.2) is 0 Å². The van der Waals surface area contributed by atoms with E-state index in [9.17, 15) is 4.79 Å². The molecule has 17 heavy (non-hydrogen) atoms. The fraction of sp³-hybridized carbons (Fsp3) is 0.462. The van der Waals surface area contributed by atoms with Crippen molar-refractivity contribution in [1.29, 1.82) is 0 Å². The van der Waals surface area contributed by atoms with Gasteiger partial charge in [0.2, 0.25) is 0 Å². The van der Waals surface area contributed by atoms with Crippen molar-refractivity contribution in [3.8, 4) is 0 Å². The molecule has 0 spiro atoms. The molecule has 4 heteroatoms. The Morgan fingerprint density at radius 1 is 1.47 bits per heavy atom. The Morgan fingerprint density at radius 3 is 2.71 bits per heavy atom. The summed E-state index contributed by atoms with van der Waals surface area (Å²) < 4.78 is 0.736. The Kier molecular flexibility index (Phi) is 5.02. The minimum absolute atomic E-state index is 0.130. The van der Waals surface area contributed by atoms with Gasteiger partial charge in [0, 0.05) is 10.0 Å². The van der Waals surface area contributed by atoms with Crippen molar-refractivity contribution >= 4 is 33.4 Å². The van der Waals surface area contributed by atoms with E-state index in [0.29, 0.717) is 10.6 Å². The largest absolute Gasteiger partial charge is 0.347 e. The molecule has 0 radical (unpaired) electrons. The van der Waals surface area contributed by atoms with Crippen molar-refractivity contribution in [3.05, 3.63) is 33.3 Å². The summed E-state index contributed by atoms with van der Waals surface area (Å²) in [6.07, 6.45) is 1.96. The van der Waals surface area contributed by atoms with Gasteiger partial charge in [0.05, 0.1) is 10.6 Å². The van der Waals surface area contributed by atoms with Crippen LogP contribution in [0.5, 0.6) is 0 Å². The maximum absolute atomic E-state index is 12.1. The van der Waals surface area contributed by atoms with E-state index in [1.807, 2.05) is 19.9 Å². The Hall–Kier alpha value is -0.540. The number of benzene rings is 1. The van der Waals surface area contributed by atoms with Gasteiger partial charge in [0.15, 0.2) is 0 Å². The monoisotopic (exact) mass is 317 g/mol. The van der Waals surface area contributed by atoms with Crippen molar-refractivity contribution in [2.75, 3.05) is 0 Å². The van der Waals surface area contributed by atoms with Gasteiger partial charge >= 0.3 is 0 Å². The molecule has 0 atom stereocenters. The summed E-state index contributed by atoms with van der Waals surface area (Å²) in [4.78, 5) is 12.1. The van der Waals surface area contributed by atoms with Crippen LogP contribution in [0.25, 0.3) is 0 Å². The average molecular weight is 319 g/mol. The van der Waals surface area contributed by atoms with Crippen LogP contribution < -0.4 is 5.32 Å². The van der Waals surface area contributed by atoms with Crippen LogP contribution >= 0.6 is 27.5 Å². The summed E-state index contributed by atoms with van der Waals surface area (Å²) in [5, 5.41) is 3.45. The number of nitrogens with one attached hydrogen (secondary N) is 1. The zero-order valence-corrected chi connectivity index (χ0v) is 12.7. The van der Waals surface area contributed by atoms with E-state index in [-0.39, 0.29) is 11.4 Å². The number of amides is 1. The van der Waals surface area contributed by atoms with E-state index >= 15 is 0 Å². The molecule has 0 aromatic heterocycles. The number of hydrogen-bond donors (Lipinski definition) is 1. The minimum atomic E-state index is -0.211. The van der Waals surface area contributed by atoms with Crippen LogP contribution in [0.15, 0.2) is 22.7 Å². The summed E-state index contributed by atoms with van der Waals surface area (Å²) in [5.74, 6) is -0.130. The molecule has 0 saturated heterocycles. The smallest absolute Gasteiger partial charge is 0.253 e. The number of hydrogen-bond acceptors (Lipinski definition) is 1. The second kappa shape index (κ2) is 5.87. The first-order chi connectivity index (χ1) is 7.87. The molecule has 2 nitrogen and oxygen atoms in total. The van der Waals surface area contributed by atoms with Crippen LogP contribution in [0.4, 0.5) is 0 Å². The van der Waals surface area contributed by atoms with Crippen molar-refractivity contribution in [1.82, 2.24) is 5.32 Å². The molecule has 0 aliphatic heterocycles. The molecule has 0 aliphatic rings. The maximum atomic E-state index is 12.1. The Balaban J connectivity index is 2.87. The molecule has 94 valence electrons. The summed E-state index contributed by atoms with van der Waals surface area (Å²) in [6, 6.07) is 5.35. The lowest BCUT2D eigenvalue weighted by Gasteiger charge is -2.26. The van der Waals surface area contributed by atoms with E-state index in [1.54, 1.807) is 12.1 Å². The molecule has 1 rings (SSSR count). The van der Waals surface area contributed by atoms with Crippen LogP contribution in [0.2, 0.25) is 5.02 Å². The molecule has 1 aromatic carbocycles. The normalized spacial score (nSPS) is 11.4. The topological polar surface area (TPSA) is 29.1 Å². The Labute approximate surface area is 116 Å². The first-order valence-corrected chi connectivity index (χ1v) is 6.81. The number of halogens is 2. The second-order valence-corrected chi connectivity index (χ2v) is 5.92. The van der Waals surface area contributed by atoms with Gasteiger partial charge in [0.25, 0.3) is 5.91 Å². The lowest BCUT2D eigenvalue weighted by Crippen LogP contribution is -2.43. The summed E-state index contributed by atoms with van der Waals surface area (Å²) >= 11 is 9.40. The van der Waals surface area contributed by atoms with Crippen LogP contribution in [0.1, 0.15) is 44.0 Å².